The number of carbonyl (C=O) groups is 1. The number of rotatable bonds is 5. The molecule has 2 atom stereocenters. The second kappa shape index (κ2) is 6.39. The standard InChI is InChI=1S/C14H26O3/c1-5-14(4,10-11(2)3)13(15)17-12-8-6-7-9-16-12/h11-12H,5-10H2,1-4H3. The van der Waals surface area contributed by atoms with E-state index < -0.39 is 0 Å². The molecule has 0 aromatic heterocycles. The van der Waals surface area contributed by atoms with Crippen molar-refractivity contribution >= 4 is 5.97 Å². The highest BCUT2D eigenvalue weighted by Crippen LogP contribution is 2.32. The van der Waals surface area contributed by atoms with Gasteiger partial charge in [-0.15, -0.1) is 0 Å². The lowest BCUT2D eigenvalue weighted by Gasteiger charge is -2.31. The van der Waals surface area contributed by atoms with Crippen molar-refractivity contribution in [2.75, 3.05) is 6.61 Å². The molecule has 0 aliphatic carbocycles. The normalized spacial score (nSPS) is 24.4. The molecule has 100 valence electrons. The third kappa shape index (κ3) is 4.30. The smallest absolute Gasteiger partial charge is 0.314 e. The number of hydrogen-bond donors (Lipinski definition) is 0. The zero-order valence-corrected chi connectivity index (χ0v) is 11.6. The van der Waals surface area contributed by atoms with Crippen LogP contribution >= 0.6 is 0 Å². The zero-order valence-electron chi connectivity index (χ0n) is 11.6. The van der Waals surface area contributed by atoms with Gasteiger partial charge in [-0.25, -0.2) is 0 Å². The SMILES string of the molecule is CCC(C)(CC(C)C)C(=O)OC1CCCCO1. The van der Waals surface area contributed by atoms with Gasteiger partial charge in [0.15, 0.2) is 0 Å². The summed E-state index contributed by atoms with van der Waals surface area (Å²) >= 11 is 0. The van der Waals surface area contributed by atoms with E-state index >= 15 is 0 Å². The highest BCUT2D eigenvalue weighted by atomic mass is 16.7. The fraction of sp³-hybridized carbons (Fsp3) is 0.929. The second-order valence-corrected chi connectivity index (χ2v) is 5.71. The summed E-state index contributed by atoms with van der Waals surface area (Å²) in [6, 6.07) is 0. The van der Waals surface area contributed by atoms with Crippen LogP contribution in [0.1, 0.15) is 59.8 Å². The molecule has 3 nitrogen and oxygen atoms in total. The molecule has 1 saturated heterocycles. The molecule has 0 aromatic rings. The van der Waals surface area contributed by atoms with Crippen LogP contribution in [-0.2, 0) is 14.3 Å². The van der Waals surface area contributed by atoms with Gasteiger partial charge in [-0.1, -0.05) is 20.8 Å². The van der Waals surface area contributed by atoms with Crippen LogP contribution in [0.3, 0.4) is 0 Å². The Morgan fingerprint density at radius 1 is 1.47 bits per heavy atom. The molecule has 1 rings (SSSR count). The number of esters is 1. The first-order valence-corrected chi connectivity index (χ1v) is 6.80. The predicted molar refractivity (Wildman–Crippen MR) is 67.5 cm³/mol. The van der Waals surface area contributed by atoms with Crippen LogP contribution in [0.25, 0.3) is 0 Å². The molecule has 0 N–H and O–H groups in total. The summed E-state index contributed by atoms with van der Waals surface area (Å²) in [6.45, 7) is 9.03. The summed E-state index contributed by atoms with van der Waals surface area (Å²) in [7, 11) is 0. The summed E-state index contributed by atoms with van der Waals surface area (Å²) in [4.78, 5) is 12.2. The van der Waals surface area contributed by atoms with Crippen molar-refractivity contribution in [1.29, 1.82) is 0 Å². The summed E-state index contributed by atoms with van der Waals surface area (Å²) in [6.07, 6.45) is 4.38. The van der Waals surface area contributed by atoms with Crippen molar-refractivity contribution in [3.63, 3.8) is 0 Å². The molecule has 0 spiro atoms. The molecule has 0 saturated carbocycles. The van der Waals surface area contributed by atoms with Gasteiger partial charge in [0.2, 0.25) is 6.29 Å². The van der Waals surface area contributed by atoms with E-state index in [-0.39, 0.29) is 17.7 Å². The van der Waals surface area contributed by atoms with Gasteiger partial charge >= 0.3 is 5.97 Å². The van der Waals surface area contributed by atoms with Crippen molar-refractivity contribution in [1.82, 2.24) is 0 Å². The van der Waals surface area contributed by atoms with Crippen LogP contribution in [0.2, 0.25) is 0 Å². The first-order valence-electron chi connectivity index (χ1n) is 6.80. The molecule has 1 fully saturated rings. The molecule has 1 aliphatic rings. The second-order valence-electron chi connectivity index (χ2n) is 5.71. The Morgan fingerprint density at radius 2 is 2.18 bits per heavy atom. The Balaban J connectivity index is 2.52. The Bertz CT molecular complexity index is 244. The van der Waals surface area contributed by atoms with Gasteiger partial charge in [0.25, 0.3) is 0 Å². The number of carbonyl (C=O) groups excluding carboxylic acids is 1. The summed E-state index contributed by atoms with van der Waals surface area (Å²) in [5, 5.41) is 0. The van der Waals surface area contributed by atoms with E-state index in [1.165, 1.54) is 0 Å². The average molecular weight is 242 g/mol. The van der Waals surface area contributed by atoms with Crippen molar-refractivity contribution in [2.45, 2.75) is 66.1 Å². The molecule has 3 heteroatoms. The number of ether oxygens (including phenoxy) is 2. The highest BCUT2D eigenvalue weighted by molar-refractivity contribution is 5.76. The third-order valence-electron chi connectivity index (χ3n) is 3.51. The summed E-state index contributed by atoms with van der Waals surface area (Å²) in [5.74, 6) is 0.403. The van der Waals surface area contributed by atoms with Crippen LogP contribution in [0, 0.1) is 11.3 Å². The molecular formula is C14H26O3. The predicted octanol–water partition coefficient (Wildman–Crippen LogP) is 3.52. The first-order chi connectivity index (χ1) is 7.98. The fourth-order valence-corrected chi connectivity index (χ4v) is 2.34. The molecule has 0 bridgehead atoms. The van der Waals surface area contributed by atoms with Gasteiger partial charge in [0.1, 0.15) is 0 Å². The minimum atomic E-state index is -0.366. The number of hydrogen-bond acceptors (Lipinski definition) is 3. The zero-order chi connectivity index (χ0) is 12.9. The Labute approximate surface area is 105 Å². The minimum Gasteiger partial charge on any atom is -0.435 e. The van der Waals surface area contributed by atoms with Crippen molar-refractivity contribution in [3.8, 4) is 0 Å². The monoisotopic (exact) mass is 242 g/mol. The van der Waals surface area contributed by atoms with E-state index in [2.05, 4.69) is 13.8 Å². The van der Waals surface area contributed by atoms with Crippen molar-refractivity contribution in [3.05, 3.63) is 0 Å². The molecule has 1 heterocycles. The maximum absolute atomic E-state index is 12.2. The van der Waals surface area contributed by atoms with E-state index in [1.54, 1.807) is 0 Å². The van der Waals surface area contributed by atoms with Crippen molar-refractivity contribution < 1.29 is 14.3 Å². The third-order valence-corrected chi connectivity index (χ3v) is 3.51. The molecule has 2 unspecified atom stereocenters. The van der Waals surface area contributed by atoms with Gasteiger partial charge in [0.05, 0.1) is 12.0 Å². The topological polar surface area (TPSA) is 35.5 Å². The van der Waals surface area contributed by atoms with Gasteiger partial charge in [-0.05, 0) is 38.5 Å². The average Bonchev–Trinajstić information content (AvgIpc) is 2.29. The van der Waals surface area contributed by atoms with E-state index in [9.17, 15) is 4.79 Å². The fourth-order valence-electron chi connectivity index (χ4n) is 2.34. The lowest BCUT2D eigenvalue weighted by molar-refractivity contribution is -0.197. The Morgan fingerprint density at radius 3 is 2.65 bits per heavy atom. The van der Waals surface area contributed by atoms with Gasteiger partial charge in [-0.3, -0.25) is 4.79 Å². The lowest BCUT2D eigenvalue weighted by Crippen LogP contribution is -2.35. The first kappa shape index (κ1) is 14.5. The molecule has 0 radical (unpaired) electrons. The van der Waals surface area contributed by atoms with E-state index in [1.807, 2.05) is 13.8 Å². The minimum absolute atomic E-state index is 0.0967. The lowest BCUT2D eigenvalue weighted by atomic mass is 9.80. The maximum Gasteiger partial charge on any atom is 0.314 e. The van der Waals surface area contributed by atoms with E-state index in [4.69, 9.17) is 9.47 Å². The maximum atomic E-state index is 12.2. The Kier molecular flexibility index (Phi) is 5.44. The van der Waals surface area contributed by atoms with Gasteiger partial charge < -0.3 is 9.47 Å². The van der Waals surface area contributed by atoms with E-state index in [0.29, 0.717) is 12.5 Å². The van der Waals surface area contributed by atoms with E-state index in [0.717, 1.165) is 32.1 Å². The van der Waals surface area contributed by atoms with Crippen molar-refractivity contribution in [2.24, 2.45) is 11.3 Å². The molecule has 0 aromatic carbocycles. The quantitative estimate of drug-likeness (QED) is 0.692. The van der Waals surface area contributed by atoms with Gasteiger partial charge in [0, 0.05) is 6.42 Å². The van der Waals surface area contributed by atoms with Crippen LogP contribution in [-0.4, -0.2) is 18.9 Å². The van der Waals surface area contributed by atoms with Crippen LogP contribution in [0.5, 0.6) is 0 Å². The largest absolute Gasteiger partial charge is 0.435 e. The van der Waals surface area contributed by atoms with Crippen LogP contribution in [0.15, 0.2) is 0 Å². The molecule has 1 aliphatic heterocycles. The van der Waals surface area contributed by atoms with Crippen LogP contribution in [0.4, 0.5) is 0 Å². The van der Waals surface area contributed by atoms with Gasteiger partial charge in [-0.2, -0.15) is 0 Å². The Hall–Kier alpha value is -0.570. The molecule has 0 amide bonds. The summed E-state index contributed by atoms with van der Waals surface area (Å²) < 4.78 is 10.9. The molecular weight excluding hydrogens is 216 g/mol. The molecule has 17 heavy (non-hydrogen) atoms. The summed E-state index contributed by atoms with van der Waals surface area (Å²) in [5.41, 5.74) is -0.366. The highest BCUT2D eigenvalue weighted by Gasteiger charge is 2.35. The van der Waals surface area contributed by atoms with Crippen LogP contribution < -0.4 is 0 Å².